The van der Waals surface area contributed by atoms with E-state index in [1.807, 2.05) is 24.3 Å². The molecule has 2 heterocycles. The van der Waals surface area contributed by atoms with Crippen LogP contribution in [-0.4, -0.2) is 45.9 Å². The molecule has 1 fully saturated rings. The number of nitrogens with one attached hydrogen (secondary N) is 1. The quantitative estimate of drug-likeness (QED) is 0.844. The van der Waals surface area contributed by atoms with Gasteiger partial charge in [0, 0.05) is 18.7 Å². The van der Waals surface area contributed by atoms with Gasteiger partial charge in [0.05, 0.1) is 5.75 Å². The molecule has 0 spiro atoms. The lowest BCUT2D eigenvalue weighted by molar-refractivity contribution is -0.124. The molecule has 0 aliphatic carbocycles. The van der Waals surface area contributed by atoms with Gasteiger partial charge in [-0.1, -0.05) is 44.7 Å². The van der Waals surface area contributed by atoms with Crippen molar-refractivity contribution in [3.63, 3.8) is 0 Å². The number of urea groups is 1. The summed E-state index contributed by atoms with van der Waals surface area (Å²) in [5.74, 6) is 0.224. The molecule has 3 rings (SSSR count). The highest BCUT2D eigenvalue weighted by Crippen LogP contribution is 2.27. The fourth-order valence-electron chi connectivity index (χ4n) is 2.41. The number of hydrogen-bond acceptors (Lipinski definition) is 6. The summed E-state index contributed by atoms with van der Waals surface area (Å²) in [6.45, 7) is 7.35. The van der Waals surface area contributed by atoms with E-state index in [4.69, 9.17) is 4.42 Å². The molecule has 1 aliphatic rings. The Labute approximate surface area is 150 Å². The molecule has 1 aromatic carbocycles. The Kier molecular flexibility index (Phi) is 4.80. The Morgan fingerprint density at radius 2 is 2.00 bits per heavy atom. The van der Waals surface area contributed by atoms with Crippen LogP contribution in [0.3, 0.4) is 0 Å². The van der Waals surface area contributed by atoms with Gasteiger partial charge in [0.15, 0.2) is 0 Å². The SMILES string of the molecule is CC(C)(C)c1ccc(-c2nnc(SCC(=O)N3CCNC3=O)o2)cc1. The number of nitrogens with zero attached hydrogens (tertiary/aromatic N) is 3. The Balaban J connectivity index is 1.62. The standard InChI is InChI=1S/C17H20N4O3S/c1-17(2,3)12-6-4-11(5-7-12)14-19-20-16(24-14)25-10-13(22)21-9-8-18-15(21)23/h4-7H,8-10H2,1-3H3,(H,18,23). The van der Waals surface area contributed by atoms with E-state index in [-0.39, 0.29) is 23.1 Å². The van der Waals surface area contributed by atoms with Crippen LogP contribution in [0.5, 0.6) is 0 Å². The normalized spacial score (nSPS) is 14.7. The summed E-state index contributed by atoms with van der Waals surface area (Å²) in [5.41, 5.74) is 2.13. The third-order valence-electron chi connectivity index (χ3n) is 3.88. The fraction of sp³-hybridized carbons (Fsp3) is 0.412. The Hall–Kier alpha value is -2.35. The van der Waals surface area contributed by atoms with E-state index in [1.54, 1.807) is 0 Å². The Morgan fingerprint density at radius 3 is 2.60 bits per heavy atom. The highest BCUT2D eigenvalue weighted by Gasteiger charge is 2.26. The van der Waals surface area contributed by atoms with Gasteiger partial charge in [0.25, 0.3) is 5.22 Å². The van der Waals surface area contributed by atoms with Crippen molar-refractivity contribution in [1.82, 2.24) is 20.4 Å². The van der Waals surface area contributed by atoms with Crippen molar-refractivity contribution in [2.24, 2.45) is 0 Å². The van der Waals surface area contributed by atoms with Gasteiger partial charge in [0.2, 0.25) is 11.8 Å². The second kappa shape index (κ2) is 6.87. The van der Waals surface area contributed by atoms with Crippen LogP contribution in [0.25, 0.3) is 11.5 Å². The van der Waals surface area contributed by atoms with Crippen LogP contribution in [0.15, 0.2) is 33.9 Å². The fourth-order valence-corrected chi connectivity index (χ4v) is 3.05. The van der Waals surface area contributed by atoms with Gasteiger partial charge < -0.3 is 9.73 Å². The summed E-state index contributed by atoms with van der Waals surface area (Å²) >= 11 is 1.13. The smallest absolute Gasteiger partial charge is 0.324 e. The van der Waals surface area contributed by atoms with Crippen molar-refractivity contribution in [1.29, 1.82) is 0 Å². The summed E-state index contributed by atoms with van der Waals surface area (Å²) in [4.78, 5) is 24.6. The van der Waals surface area contributed by atoms with Crippen LogP contribution >= 0.6 is 11.8 Å². The molecular weight excluding hydrogens is 340 g/mol. The largest absolute Gasteiger partial charge is 0.411 e. The molecule has 0 radical (unpaired) electrons. The highest BCUT2D eigenvalue weighted by molar-refractivity contribution is 7.99. The first kappa shape index (κ1) is 17.5. The first-order valence-electron chi connectivity index (χ1n) is 8.00. The highest BCUT2D eigenvalue weighted by atomic mass is 32.2. The number of hydrogen-bond donors (Lipinski definition) is 1. The lowest BCUT2D eigenvalue weighted by Crippen LogP contribution is -2.35. The molecule has 0 atom stereocenters. The molecule has 132 valence electrons. The monoisotopic (exact) mass is 360 g/mol. The van der Waals surface area contributed by atoms with Crippen LogP contribution in [0.2, 0.25) is 0 Å². The molecule has 0 bridgehead atoms. The van der Waals surface area contributed by atoms with Crippen molar-refractivity contribution >= 4 is 23.7 Å². The Morgan fingerprint density at radius 1 is 1.28 bits per heavy atom. The van der Waals surface area contributed by atoms with E-state index in [0.717, 1.165) is 17.3 Å². The lowest BCUT2D eigenvalue weighted by Gasteiger charge is -2.18. The van der Waals surface area contributed by atoms with Crippen LogP contribution in [-0.2, 0) is 10.2 Å². The number of aromatic nitrogens is 2. The van der Waals surface area contributed by atoms with Gasteiger partial charge >= 0.3 is 6.03 Å². The first-order valence-corrected chi connectivity index (χ1v) is 8.98. The minimum atomic E-state index is -0.351. The van der Waals surface area contributed by atoms with E-state index >= 15 is 0 Å². The van der Waals surface area contributed by atoms with Crippen molar-refractivity contribution < 1.29 is 14.0 Å². The van der Waals surface area contributed by atoms with E-state index in [0.29, 0.717) is 24.2 Å². The summed E-state index contributed by atoms with van der Waals surface area (Å²) in [6.07, 6.45) is 0. The molecule has 7 nitrogen and oxygen atoms in total. The summed E-state index contributed by atoms with van der Waals surface area (Å²) in [5, 5.41) is 10.9. The maximum absolute atomic E-state index is 12.0. The molecule has 0 saturated carbocycles. The zero-order valence-corrected chi connectivity index (χ0v) is 15.2. The molecule has 1 aliphatic heterocycles. The van der Waals surface area contributed by atoms with Crippen molar-refractivity contribution in [2.75, 3.05) is 18.8 Å². The third kappa shape index (κ3) is 4.01. The topological polar surface area (TPSA) is 88.3 Å². The van der Waals surface area contributed by atoms with Gasteiger partial charge in [-0.05, 0) is 23.1 Å². The molecule has 3 amide bonds. The summed E-state index contributed by atoms with van der Waals surface area (Å²) in [6, 6.07) is 7.63. The minimum absolute atomic E-state index is 0.0800. The predicted molar refractivity (Wildman–Crippen MR) is 94.3 cm³/mol. The maximum atomic E-state index is 12.0. The van der Waals surface area contributed by atoms with E-state index in [1.165, 1.54) is 10.5 Å². The van der Waals surface area contributed by atoms with Crippen LogP contribution < -0.4 is 5.32 Å². The zero-order chi connectivity index (χ0) is 18.0. The molecule has 1 N–H and O–H groups in total. The number of carbonyl (C=O) groups is 2. The van der Waals surface area contributed by atoms with Crippen molar-refractivity contribution in [2.45, 2.75) is 31.4 Å². The van der Waals surface area contributed by atoms with Gasteiger partial charge in [-0.15, -0.1) is 10.2 Å². The van der Waals surface area contributed by atoms with Crippen molar-refractivity contribution in [3.05, 3.63) is 29.8 Å². The van der Waals surface area contributed by atoms with Crippen LogP contribution in [0.1, 0.15) is 26.3 Å². The Bertz CT molecular complexity index is 780. The van der Waals surface area contributed by atoms with Gasteiger partial charge in [0.1, 0.15) is 0 Å². The molecule has 0 unspecified atom stereocenters. The predicted octanol–water partition coefficient (Wildman–Crippen LogP) is 2.68. The second-order valence-electron chi connectivity index (χ2n) is 6.77. The lowest BCUT2D eigenvalue weighted by atomic mass is 9.87. The minimum Gasteiger partial charge on any atom is -0.411 e. The number of amides is 3. The molecular formula is C17H20N4O3S. The van der Waals surface area contributed by atoms with Gasteiger partial charge in [-0.25, -0.2) is 4.79 Å². The van der Waals surface area contributed by atoms with Crippen LogP contribution in [0.4, 0.5) is 4.79 Å². The van der Waals surface area contributed by atoms with Gasteiger partial charge in [-0.2, -0.15) is 0 Å². The second-order valence-corrected chi connectivity index (χ2v) is 7.69. The average Bonchev–Trinajstić information content (AvgIpc) is 3.21. The summed E-state index contributed by atoms with van der Waals surface area (Å²) < 4.78 is 5.60. The molecule has 1 saturated heterocycles. The van der Waals surface area contributed by atoms with Crippen LogP contribution in [0, 0.1) is 0 Å². The third-order valence-corrected chi connectivity index (χ3v) is 4.68. The zero-order valence-electron chi connectivity index (χ0n) is 14.4. The molecule has 1 aromatic heterocycles. The molecule has 8 heteroatoms. The van der Waals surface area contributed by atoms with E-state index < -0.39 is 0 Å². The van der Waals surface area contributed by atoms with E-state index in [2.05, 4.69) is 36.3 Å². The van der Waals surface area contributed by atoms with Crippen molar-refractivity contribution in [3.8, 4) is 11.5 Å². The number of thioether (sulfide) groups is 1. The maximum Gasteiger partial charge on any atom is 0.324 e. The number of carbonyl (C=O) groups excluding carboxylic acids is 2. The van der Waals surface area contributed by atoms with Gasteiger partial charge in [-0.3, -0.25) is 9.69 Å². The number of benzene rings is 1. The molecule has 2 aromatic rings. The molecule has 25 heavy (non-hydrogen) atoms. The average molecular weight is 360 g/mol. The number of rotatable bonds is 4. The summed E-state index contributed by atoms with van der Waals surface area (Å²) in [7, 11) is 0. The first-order chi connectivity index (χ1) is 11.8. The number of imide groups is 1. The van der Waals surface area contributed by atoms with E-state index in [9.17, 15) is 9.59 Å².